The van der Waals surface area contributed by atoms with Gasteiger partial charge >= 0.3 is 304 Å². The van der Waals surface area contributed by atoms with Gasteiger partial charge in [-0.2, -0.15) is 0 Å². The molecule has 0 amide bonds. The molecular formula is C41H34B2N4O2Pt. The Morgan fingerprint density at radius 2 is 0.840 bits per heavy atom. The van der Waals surface area contributed by atoms with E-state index in [-0.39, 0.29) is 13.7 Å². The molecule has 246 valence electrons. The van der Waals surface area contributed by atoms with Crippen LogP contribution < -0.4 is 9.62 Å². The van der Waals surface area contributed by atoms with Crippen molar-refractivity contribution in [3.8, 4) is 22.3 Å². The summed E-state index contributed by atoms with van der Waals surface area (Å²) in [6.07, 6.45) is 0. The second-order valence-electron chi connectivity index (χ2n) is 13.4. The molecule has 0 atom stereocenters. The second kappa shape index (κ2) is 12.2. The first-order valence-corrected chi connectivity index (χ1v) is 17.9. The van der Waals surface area contributed by atoms with Crippen LogP contribution in [0.2, 0.25) is 0 Å². The summed E-state index contributed by atoms with van der Waals surface area (Å²) in [5.74, 6) is 0. The fourth-order valence-corrected chi connectivity index (χ4v) is 8.82. The van der Waals surface area contributed by atoms with Crippen molar-refractivity contribution in [1.29, 1.82) is 0 Å². The summed E-state index contributed by atoms with van der Waals surface area (Å²) < 4.78 is 13.9. The monoisotopic (exact) mass is 831 g/mol. The van der Waals surface area contributed by atoms with E-state index in [1.807, 2.05) is 24.3 Å². The quantitative estimate of drug-likeness (QED) is 0.156. The van der Waals surface area contributed by atoms with Gasteiger partial charge in [-0.15, -0.1) is 0 Å². The van der Waals surface area contributed by atoms with Crippen LogP contribution in [0.3, 0.4) is 0 Å². The number of hydrogen-bond acceptors (Lipinski definition) is 6. The van der Waals surface area contributed by atoms with Crippen molar-refractivity contribution in [2.45, 2.75) is 0 Å². The van der Waals surface area contributed by atoms with E-state index >= 15 is 0 Å². The molecule has 3 heterocycles. The minimum atomic E-state index is 0.0612. The second-order valence-corrected chi connectivity index (χ2v) is 14.4. The van der Waals surface area contributed by atoms with E-state index in [4.69, 9.17) is 8.83 Å². The van der Waals surface area contributed by atoms with E-state index in [1.165, 1.54) is 0 Å². The fourth-order valence-electron chi connectivity index (χ4n) is 7.63. The van der Waals surface area contributed by atoms with Gasteiger partial charge in [-0.25, -0.2) is 0 Å². The Bertz CT molecular complexity index is 2380. The zero-order valence-electron chi connectivity index (χ0n) is 28.3. The van der Waals surface area contributed by atoms with Gasteiger partial charge in [0.25, 0.3) is 0 Å². The van der Waals surface area contributed by atoms with Crippen LogP contribution in [0.4, 0.5) is 11.4 Å². The van der Waals surface area contributed by atoms with Crippen molar-refractivity contribution in [3.63, 3.8) is 0 Å². The number of hydrogen-bond donors (Lipinski definition) is 0. The van der Waals surface area contributed by atoms with E-state index in [0.717, 1.165) is 81.7 Å². The van der Waals surface area contributed by atoms with Gasteiger partial charge in [-0.05, 0) is 0 Å². The van der Waals surface area contributed by atoms with Gasteiger partial charge in [-0.3, -0.25) is 0 Å². The summed E-state index contributed by atoms with van der Waals surface area (Å²) >= 11 is 2.50. The third-order valence-corrected chi connectivity index (χ3v) is 11.0. The molecule has 1 aliphatic heterocycles. The van der Waals surface area contributed by atoms with Crippen LogP contribution in [0.15, 0.2) is 142 Å². The predicted molar refractivity (Wildman–Crippen MR) is 207 cm³/mol. The molecule has 1 fully saturated rings. The molecule has 0 spiro atoms. The molecule has 0 unspecified atom stereocenters. The molecule has 2 aromatic heterocycles. The molecule has 1 aliphatic rings. The number of nitrogens with zero attached hydrogens (tertiary/aromatic N) is 4. The van der Waals surface area contributed by atoms with Crippen molar-refractivity contribution in [2.24, 2.45) is 0 Å². The van der Waals surface area contributed by atoms with Gasteiger partial charge in [-0.1, -0.05) is 0 Å². The molecule has 0 radical (unpaired) electrons. The van der Waals surface area contributed by atoms with Gasteiger partial charge in [0.2, 0.25) is 0 Å². The van der Waals surface area contributed by atoms with E-state index < -0.39 is 0 Å². The number of fused-ring (bicyclic) bond motifs is 6. The molecule has 6 aromatic carbocycles. The number of rotatable bonds is 6. The molecule has 8 aromatic rings. The van der Waals surface area contributed by atoms with Crippen LogP contribution in [0.5, 0.6) is 0 Å². The molecule has 0 aliphatic carbocycles. The van der Waals surface area contributed by atoms with Crippen LogP contribution in [0.25, 0.3) is 66.1 Å². The Labute approximate surface area is 303 Å². The topological polar surface area (TPSA) is 39.2 Å². The third-order valence-electron chi connectivity index (χ3n) is 9.94. The number of furan rings is 2. The predicted octanol–water partition coefficient (Wildman–Crippen LogP) is 8.96. The van der Waals surface area contributed by atoms with Gasteiger partial charge < -0.3 is 0 Å². The molecule has 50 heavy (non-hydrogen) atoms. The first kappa shape index (κ1) is 31.1. The van der Waals surface area contributed by atoms with E-state index in [1.54, 1.807) is 0 Å². The molecule has 1 saturated heterocycles. The van der Waals surface area contributed by atoms with Crippen LogP contribution in [0.1, 0.15) is 0 Å². The SMILES string of the molecule is CN(C)B1B(N(C)C)N(c2ccc(-c3cccc4c3oc3ccccc34)cc2)[C](=[Pt])N1c1ccc(-c2cccc3c2oc2ccccc23)cc1. The van der Waals surface area contributed by atoms with Crippen molar-refractivity contribution in [2.75, 3.05) is 37.8 Å². The van der Waals surface area contributed by atoms with Crippen molar-refractivity contribution >= 4 is 73.1 Å². The normalized spacial score (nSPS) is 13.9. The van der Waals surface area contributed by atoms with Crippen LogP contribution in [-0.4, -0.2) is 55.7 Å². The summed E-state index contributed by atoms with van der Waals surface area (Å²) in [6, 6.07) is 47.1. The summed E-state index contributed by atoms with van der Waals surface area (Å²) in [7, 11) is 8.65. The average molecular weight is 831 g/mol. The fraction of sp³-hybridized carbons (Fsp3) is 0.0976. The molecule has 0 bridgehead atoms. The Kier molecular flexibility index (Phi) is 7.58. The number of anilines is 2. The van der Waals surface area contributed by atoms with Gasteiger partial charge in [0, 0.05) is 0 Å². The van der Waals surface area contributed by atoms with E-state index in [2.05, 4.69) is 176 Å². The maximum atomic E-state index is 6.37. The summed E-state index contributed by atoms with van der Waals surface area (Å²) in [5, 5.41) is 4.57. The van der Waals surface area contributed by atoms with Gasteiger partial charge in [0.05, 0.1) is 0 Å². The summed E-state index contributed by atoms with van der Waals surface area (Å²) in [6.45, 7) is 0.122. The Hall–Kier alpha value is -4.87. The zero-order valence-corrected chi connectivity index (χ0v) is 30.6. The molecule has 0 N–H and O–H groups in total. The number of benzene rings is 6. The van der Waals surface area contributed by atoms with E-state index in [0.29, 0.717) is 0 Å². The molecule has 0 saturated carbocycles. The number of para-hydroxylation sites is 4. The maximum absolute atomic E-state index is 6.37. The Morgan fingerprint density at radius 1 is 0.460 bits per heavy atom. The summed E-state index contributed by atoms with van der Waals surface area (Å²) in [4.78, 5) is 9.51. The standard InChI is InChI=1S/C41H34B2N4O2.Pt/c1-44(2)42-43(45(3)4)47(31-25-21-29(22-26-31)33-14-10-16-37-35-12-6-8-18-39(35)49-41(33)37)27-46(42)30-23-19-28(20-24-30)32-13-9-15-36-34-11-5-7-17-38(34)48-40(32)36;/h5-26H,1-4H3;. The first-order valence-electron chi connectivity index (χ1n) is 16.8. The minimum absolute atomic E-state index is 0.0612. The average Bonchev–Trinajstić information content (AvgIpc) is 3.81. The summed E-state index contributed by atoms with van der Waals surface area (Å²) in [5.41, 5.74) is 10.4. The van der Waals surface area contributed by atoms with Crippen LogP contribution in [-0.2, 0) is 19.4 Å². The van der Waals surface area contributed by atoms with Crippen molar-refractivity contribution < 1.29 is 28.2 Å². The Morgan fingerprint density at radius 3 is 1.24 bits per heavy atom. The van der Waals surface area contributed by atoms with Gasteiger partial charge in [0.15, 0.2) is 0 Å². The third kappa shape index (κ3) is 4.89. The van der Waals surface area contributed by atoms with Crippen LogP contribution >= 0.6 is 0 Å². The molecule has 6 nitrogen and oxygen atoms in total. The van der Waals surface area contributed by atoms with E-state index in [9.17, 15) is 0 Å². The molecular weight excluding hydrogens is 797 g/mol. The zero-order chi connectivity index (χ0) is 34.1. The van der Waals surface area contributed by atoms with Crippen LogP contribution in [0, 0.1) is 0 Å². The molecule has 9 rings (SSSR count). The van der Waals surface area contributed by atoms with Crippen molar-refractivity contribution in [1.82, 2.24) is 9.62 Å². The molecule has 9 heteroatoms. The first-order chi connectivity index (χ1) is 24.4. The van der Waals surface area contributed by atoms with Crippen molar-refractivity contribution in [3.05, 3.63) is 133 Å². The Balaban J connectivity index is 1.07. The van der Waals surface area contributed by atoms with Gasteiger partial charge in [0.1, 0.15) is 0 Å².